The highest BCUT2D eigenvalue weighted by Gasteiger charge is 2.36. The molecule has 0 radical (unpaired) electrons. The zero-order valence-corrected chi connectivity index (χ0v) is 8.05. The van der Waals surface area contributed by atoms with Gasteiger partial charge >= 0.3 is 6.16 Å². The third-order valence-electron chi connectivity index (χ3n) is 2.16. The van der Waals surface area contributed by atoms with Crippen molar-refractivity contribution in [3.8, 4) is 0 Å². The Hall–Kier alpha value is -0.513. The van der Waals surface area contributed by atoms with Gasteiger partial charge in [-0.2, -0.15) is 0 Å². The summed E-state index contributed by atoms with van der Waals surface area (Å²) in [6, 6.07) is 2.20. The fraction of sp³-hybridized carbons (Fsp3) is 0.857. The topological polar surface area (TPSA) is 35.5 Å². The van der Waals surface area contributed by atoms with Crippen LogP contribution in [0.5, 0.6) is 0 Å². The Balaban J connectivity index is 2.39. The summed E-state index contributed by atoms with van der Waals surface area (Å²) < 4.78 is 9.68. The number of methoxy groups -OCH3 is 1. The second-order valence-electron chi connectivity index (χ2n) is 3.21. The summed E-state index contributed by atoms with van der Waals surface area (Å²) in [7, 11) is -0.289. The minimum absolute atomic E-state index is 0.499. The molecule has 0 aliphatic carbocycles. The van der Waals surface area contributed by atoms with E-state index in [1.165, 1.54) is 20.0 Å². The molecule has 0 amide bonds. The second kappa shape index (κ2) is 3.26. The molecule has 0 bridgehead atoms. The van der Waals surface area contributed by atoms with E-state index in [-0.39, 0.29) is 0 Å². The van der Waals surface area contributed by atoms with E-state index in [0.29, 0.717) is 0 Å². The van der Waals surface area contributed by atoms with E-state index in [4.69, 9.17) is 4.43 Å². The van der Waals surface area contributed by atoms with Crippen molar-refractivity contribution in [1.29, 1.82) is 0 Å². The molecule has 0 aromatic heterocycles. The van der Waals surface area contributed by atoms with Gasteiger partial charge in [0.2, 0.25) is 0 Å². The van der Waals surface area contributed by atoms with Gasteiger partial charge in [-0.3, -0.25) is 0 Å². The monoisotopic (exact) mass is 174 g/mol. The maximum atomic E-state index is 10.8. The predicted octanol–water partition coefficient (Wildman–Crippen LogP) is 2.14. The van der Waals surface area contributed by atoms with E-state index in [1.54, 1.807) is 0 Å². The van der Waals surface area contributed by atoms with E-state index in [0.717, 1.165) is 12.1 Å². The van der Waals surface area contributed by atoms with Crippen LogP contribution in [-0.4, -0.2) is 21.6 Å². The van der Waals surface area contributed by atoms with Gasteiger partial charge in [-0.1, -0.05) is 12.8 Å². The largest absolute Gasteiger partial charge is 0.494 e. The van der Waals surface area contributed by atoms with Gasteiger partial charge < -0.3 is 9.16 Å². The number of carbonyl (C=O) groups excluding carboxylic acids is 1. The van der Waals surface area contributed by atoms with Gasteiger partial charge in [0.1, 0.15) is 0 Å². The second-order valence-corrected chi connectivity index (χ2v) is 7.32. The molecule has 1 heterocycles. The average molecular weight is 174 g/mol. The molecule has 1 aliphatic rings. The summed E-state index contributed by atoms with van der Waals surface area (Å²) in [6.45, 7) is 2.09. The number of ether oxygens (including phenoxy) is 1. The number of carbonyl (C=O) groups is 1. The third-order valence-corrected chi connectivity index (χ3v) is 5.64. The Labute approximate surface area is 67.8 Å². The average Bonchev–Trinajstić information content (AvgIpc) is 2.36. The molecule has 0 aromatic carbocycles. The van der Waals surface area contributed by atoms with Crippen molar-refractivity contribution in [3.63, 3.8) is 0 Å². The minimum atomic E-state index is -1.64. The van der Waals surface area contributed by atoms with Crippen LogP contribution < -0.4 is 0 Å². The Bertz CT molecular complexity index is 152. The van der Waals surface area contributed by atoms with E-state index >= 15 is 0 Å². The fourth-order valence-corrected chi connectivity index (χ4v) is 4.40. The molecule has 1 aliphatic heterocycles. The van der Waals surface area contributed by atoms with E-state index < -0.39 is 14.5 Å². The van der Waals surface area contributed by atoms with Gasteiger partial charge in [-0.05, 0) is 18.6 Å². The van der Waals surface area contributed by atoms with Gasteiger partial charge in [-0.15, -0.1) is 0 Å². The lowest BCUT2D eigenvalue weighted by atomic mass is 10.4. The highest BCUT2D eigenvalue weighted by Crippen LogP contribution is 2.30. The maximum Gasteiger partial charge on any atom is 0.494 e. The highest BCUT2D eigenvalue weighted by atomic mass is 28.4. The molecule has 1 saturated heterocycles. The van der Waals surface area contributed by atoms with Crippen molar-refractivity contribution >= 4 is 14.5 Å². The van der Waals surface area contributed by atoms with E-state index in [1.807, 2.05) is 0 Å². The summed E-state index contributed by atoms with van der Waals surface area (Å²) in [4.78, 5) is 10.8. The molecule has 0 aromatic rings. The molecule has 1 fully saturated rings. The van der Waals surface area contributed by atoms with Crippen molar-refractivity contribution in [2.24, 2.45) is 0 Å². The Morgan fingerprint density at radius 1 is 1.36 bits per heavy atom. The summed E-state index contributed by atoms with van der Waals surface area (Å²) in [5, 5.41) is 0. The quantitative estimate of drug-likeness (QED) is 0.451. The zero-order chi connectivity index (χ0) is 8.32. The molecule has 0 unspecified atom stereocenters. The first kappa shape index (κ1) is 8.58. The molecule has 3 nitrogen and oxygen atoms in total. The molecule has 0 spiro atoms. The summed E-state index contributed by atoms with van der Waals surface area (Å²) in [5.74, 6) is 0. The van der Waals surface area contributed by atoms with Crippen LogP contribution in [0.2, 0.25) is 18.6 Å². The van der Waals surface area contributed by atoms with Gasteiger partial charge in [0.25, 0.3) is 8.32 Å². The summed E-state index contributed by atoms with van der Waals surface area (Å²) >= 11 is 0. The van der Waals surface area contributed by atoms with Crippen LogP contribution in [0.4, 0.5) is 4.79 Å². The van der Waals surface area contributed by atoms with Crippen LogP contribution in [0.3, 0.4) is 0 Å². The third kappa shape index (κ3) is 2.22. The summed E-state index contributed by atoms with van der Waals surface area (Å²) in [5.41, 5.74) is 0. The van der Waals surface area contributed by atoms with Crippen LogP contribution >= 0.6 is 0 Å². The van der Waals surface area contributed by atoms with Gasteiger partial charge in [0.15, 0.2) is 0 Å². The Kier molecular flexibility index (Phi) is 2.54. The maximum absolute atomic E-state index is 10.8. The van der Waals surface area contributed by atoms with Crippen molar-refractivity contribution < 1.29 is 14.0 Å². The van der Waals surface area contributed by atoms with Crippen molar-refractivity contribution in [2.45, 2.75) is 31.5 Å². The van der Waals surface area contributed by atoms with Gasteiger partial charge in [-0.25, -0.2) is 4.79 Å². The first-order valence-corrected chi connectivity index (χ1v) is 6.75. The van der Waals surface area contributed by atoms with Gasteiger partial charge in [0.05, 0.1) is 7.11 Å². The number of hydrogen-bond acceptors (Lipinski definition) is 3. The minimum Gasteiger partial charge on any atom is -0.489 e. The van der Waals surface area contributed by atoms with Crippen LogP contribution in [0.1, 0.15) is 12.8 Å². The molecule has 4 heteroatoms. The first-order chi connectivity index (χ1) is 5.16. The van der Waals surface area contributed by atoms with Crippen molar-refractivity contribution in [3.05, 3.63) is 0 Å². The van der Waals surface area contributed by atoms with Crippen LogP contribution in [0.15, 0.2) is 0 Å². The van der Waals surface area contributed by atoms with Crippen LogP contribution in [0, 0.1) is 0 Å². The predicted molar refractivity (Wildman–Crippen MR) is 44.0 cm³/mol. The molecule has 1 rings (SSSR count). The van der Waals surface area contributed by atoms with E-state index in [2.05, 4.69) is 11.3 Å². The van der Waals surface area contributed by atoms with Crippen molar-refractivity contribution in [2.75, 3.05) is 7.11 Å². The highest BCUT2D eigenvalue weighted by molar-refractivity contribution is 6.74. The number of rotatable bonds is 1. The first-order valence-electron chi connectivity index (χ1n) is 3.93. The molecule has 0 saturated carbocycles. The Morgan fingerprint density at radius 3 is 2.36 bits per heavy atom. The van der Waals surface area contributed by atoms with Gasteiger partial charge in [0, 0.05) is 0 Å². The number of hydrogen-bond donors (Lipinski definition) is 0. The molecule has 0 atom stereocenters. The lowest BCUT2D eigenvalue weighted by Crippen LogP contribution is -2.33. The molecule has 0 N–H and O–H groups in total. The zero-order valence-electron chi connectivity index (χ0n) is 7.05. The normalized spacial score (nSPS) is 21.3. The molecule has 11 heavy (non-hydrogen) atoms. The standard InChI is InChI=1S/C7H14O3Si/c1-9-7(8)10-11(2)5-3-4-6-11/h3-6H2,1-2H3. The van der Waals surface area contributed by atoms with E-state index in [9.17, 15) is 4.79 Å². The Morgan fingerprint density at radius 2 is 1.91 bits per heavy atom. The van der Waals surface area contributed by atoms with Crippen LogP contribution in [-0.2, 0) is 9.16 Å². The lowest BCUT2D eigenvalue weighted by Gasteiger charge is -2.19. The SMILES string of the molecule is COC(=O)O[Si]1(C)CCCC1. The fourth-order valence-electron chi connectivity index (χ4n) is 1.47. The molecular formula is C7H14O3Si. The summed E-state index contributed by atoms with van der Waals surface area (Å²) in [6.07, 6.45) is 1.92. The smallest absolute Gasteiger partial charge is 0.489 e. The molecular weight excluding hydrogens is 160 g/mol. The van der Waals surface area contributed by atoms with Crippen LogP contribution in [0.25, 0.3) is 0 Å². The van der Waals surface area contributed by atoms with Crippen molar-refractivity contribution in [1.82, 2.24) is 0 Å². The lowest BCUT2D eigenvalue weighted by molar-refractivity contribution is 0.118. The molecule has 64 valence electrons.